The number of nitrogens with one attached hydrogen (secondary N) is 2. The average Bonchev–Trinajstić information content (AvgIpc) is 2.27. The van der Waals surface area contributed by atoms with Gasteiger partial charge in [0, 0.05) is 17.3 Å². The molecule has 90 valence electrons. The van der Waals surface area contributed by atoms with Crippen LogP contribution >= 0.6 is 0 Å². The summed E-state index contributed by atoms with van der Waals surface area (Å²) in [5.41, 5.74) is 1.51. The van der Waals surface area contributed by atoms with E-state index in [2.05, 4.69) is 22.5 Å². The van der Waals surface area contributed by atoms with E-state index in [1.165, 1.54) is 0 Å². The van der Waals surface area contributed by atoms with Crippen molar-refractivity contribution in [3.05, 3.63) is 29.8 Å². The second-order valence-electron chi connectivity index (χ2n) is 3.79. The van der Waals surface area contributed by atoms with Gasteiger partial charge in [0.25, 0.3) is 0 Å². The van der Waals surface area contributed by atoms with E-state index < -0.39 is 0 Å². The Hall–Kier alpha value is -1.99. The molecule has 1 rings (SSSR count). The zero-order valence-corrected chi connectivity index (χ0v) is 9.95. The van der Waals surface area contributed by atoms with E-state index in [4.69, 9.17) is 5.11 Å². The molecule has 0 aliphatic rings. The third-order valence-electron chi connectivity index (χ3n) is 1.87. The molecule has 0 atom stereocenters. The summed E-state index contributed by atoms with van der Waals surface area (Å²) < 4.78 is 0. The van der Waals surface area contributed by atoms with E-state index in [1.807, 2.05) is 13.8 Å². The lowest BCUT2D eigenvalue weighted by molar-refractivity contribution is 0.250. The molecule has 0 aromatic heterocycles. The van der Waals surface area contributed by atoms with E-state index in [0.717, 1.165) is 5.56 Å². The van der Waals surface area contributed by atoms with Gasteiger partial charge in [-0.2, -0.15) is 0 Å². The number of hydrogen-bond acceptors (Lipinski definition) is 2. The van der Waals surface area contributed by atoms with Crippen LogP contribution in [0.3, 0.4) is 0 Å². The van der Waals surface area contributed by atoms with E-state index >= 15 is 0 Å². The smallest absolute Gasteiger partial charge is 0.319 e. The van der Waals surface area contributed by atoms with Crippen LogP contribution in [0.4, 0.5) is 10.5 Å². The Kier molecular flexibility index (Phi) is 5.05. The number of aliphatic hydroxyl groups is 1. The predicted molar refractivity (Wildman–Crippen MR) is 67.7 cm³/mol. The van der Waals surface area contributed by atoms with Crippen LogP contribution in [-0.4, -0.2) is 23.8 Å². The topological polar surface area (TPSA) is 61.4 Å². The maximum absolute atomic E-state index is 11.4. The fraction of sp³-hybridized carbons (Fsp3) is 0.308. The Morgan fingerprint density at radius 1 is 1.35 bits per heavy atom. The van der Waals surface area contributed by atoms with Crippen molar-refractivity contribution in [2.75, 3.05) is 11.9 Å². The maximum atomic E-state index is 11.4. The third-order valence-corrected chi connectivity index (χ3v) is 1.87. The number of anilines is 1. The molecule has 3 N–H and O–H groups in total. The minimum atomic E-state index is -0.228. The van der Waals surface area contributed by atoms with Gasteiger partial charge in [-0.1, -0.05) is 11.8 Å². The quantitative estimate of drug-likeness (QED) is 0.678. The molecule has 4 nitrogen and oxygen atoms in total. The van der Waals surface area contributed by atoms with Crippen molar-refractivity contribution in [3.8, 4) is 11.8 Å². The Morgan fingerprint density at radius 2 is 2.00 bits per heavy atom. The first-order valence-corrected chi connectivity index (χ1v) is 5.39. The van der Waals surface area contributed by atoms with Gasteiger partial charge in [-0.3, -0.25) is 0 Å². The van der Waals surface area contributed by atoms with Crippen LogP contribution in [0.5, 0.6) is 0 Å². The summed E-state index contributed by atoms with van der Waals surface area (Å²) in [5, 5.41) is 14.0. The predicted octanol–water partition coefficient (Wildman–Crippen LogP) is 1.56. The molecule has 4 heteroatoms. The van der Waals surface area contributed by atoms with E-state index in [9.17, 15) is 4.79 Å². The van der Waals surface area contributed by atoms with E-state index in [1.54, 1.807) is 24.3 Å². The van der Waals surface area contributed by atoms with Crippen molar-refractivity contribution in [2.45, 2.75) is 19.9 Å². The van der Waals surface area contributed by atoms with Gasteiger partial charge in [-0.25, -0.2) is 4.79 Å². The fourth-order valence-electron chi connectivity index (χ4n) is 1.21. The summed E-state index contributed by atoms with van der Waals surface area (Å²) in [5.74, 6) is 5.34. The lowest BCUT2D eigenvalue weighted by Crippen LogP contribution is -2.34. The molecule has 0 heterocycles. The Labute approximate surface area is 101 Å². The molecule has 0 radical (unpaired) electrons. The van der Waals surface area contributed by atoms with Crippen LogP contribution in [0.15, 0.2) is 24.3 Å². The summed E-state index contributed by atoms with van der Waals surface area (Å²) in [4.78, 5) is 11.4. The first-order chi connectivity index (χ1) is 8.11. The van der Waals surface area contributed by atoms with Gasteiger partial charge in [0.05, 0.1) is 0 Å². The van der Waals surface area contributed by atoms with Gasteiger partial charge in [0.15, 0.2) is 0 Å². The maximum Gasteiger partial charge on any atom is 0.319 e. The summed E-state index contributed by atoms with van der Waals surface area (Å²) in [7, 11) is 0. The number of hydrogen-bond donors (Lipinski definition) is 3. The van der Waals surface area contributed by atoms with Crippen LogP contribution < -0.4 is 10.6 Å². The van der Waals surface area contributed by atoms with Gasteiger partial charge in [-0.05, 0) is 38.1 Å². The van der Waals surface area contributed by atoms with Crippen molar-refractivity contribution in [2.24, 2.45) is 0 Å². The van der Waals surface area contributed by atoms with E-state index in [0.29, 0.717) is 5.69 Å². The second kappa shape index (κ2) is 6.56. The highest BCUT2D eigenvalue weighted by atomic mass is 16.2. The first kappa shape index (κ1) is 13.1. The monoisotopic (exact) mass is 232 g/mol. The first-order valence-electron chi connectivity index (χ1n) is 5.39. The Balaban J connectivity index is 2.59. The SMILES string of the molecule is CC(C)NC(=O)Nc1ccc(C#CCO)cc1. The molecule has 2 amide bonds. The number of amides is 2. The standard InChI is InChI=1S/C13H16N2O2/c1-10(2)14-13(17)15-12-7-5-11(6-8-12)4-3-9-16/h5-8,10,16H,9H2,1-2H3,(H2,14,15,17). The molecule has 0 saturated heterocycles. The molecule has 1 aromatic carbocycles. The zero-order valence-electron chi connectivity index (χ0n) is 9.95. The summed E-state index contributed by atoms with van der Waals surface area (Å²) in [6.07, 6.45) is 0. The number of rotatable bonds is 2. The fourth-order valence-corrected chi connectivity index (χ4v) is 1.21. The van der Waals surface area contributed by atoms with Crippen LogP contribution in [0.1, 0.15) is 19.4 Å². The molecule has 0 aliphatic carbocycles. The third kappa shape index (κ3) is 5.05. The highest BCUT2D eigenvalue weighted by Crippen LogP contribution is 2.08. The van der Waals surface area contributed by atoms with Crippen molar-refractivity contribution in [1.82, 2.24) is 5.32 Å². The molecular weight excluding hydrogens is 216 g/mol. The largest absolute Gasteiger partial charge is 0.384 e. The summed E-state index contributed by atoms with van der Waals surface area (Å²) in [6, 6.07) is 6.98. The van der Waals surface area contributed by atoms with E-state index in [-0.39, 0.29) is 18.7 Å². The minimum Gasteiger partial charge on any atom is -0.384 e. The number of urea groups is 1. The minimum absolute atomic E-state index is 0.102. The van der Waals surface area contributed by atoms with Gasteiger partial charge < -0.3 is 15.7 Å². The van der Waals surface area contributed by atoms with Crippen molar-refractivity contribution in [1.29, 1.82) is 0 Å². The van der Waals surface area contributed by atoms with Crippen LogP contribution in [0, 0.1) is 11.8 Å². The van der Waals surface area contributed by atoms with Crippen LogP contribution in [-0.2, 0) is 0 Å². The molecule has 1 aromatic rings. The molecule has 0 fully saturated rings. The highest BCUT2D eigenvalue weighted by molar-refractivity contribution is 5.89. The number of carbonyl (C=O) groups excluding carboxylic acids is 1. The second-order valence-corrected chi connectivity index (χ2v) is 3.79. The Morgan fingerprint density at radius 3 is 2.53 bits per heavy atom. The molecule has 0 spiro atoms. The molecule has 0 aliphatic heterocycles. The number of benzene rings is 1. The lowest BCUT2D eigenvalue weighted by Gasteiger charge is -2.09. The molecule has 17 heavy (non-hydrogen) atoms. The van der Waals surface area contributed by atoms with Gasteiger partial charge in [0.2, 0.25) is 0 Å². The van der Waals surface area contributed by atoms with Crippen molar-refractivity contribution < 1.29 is 9.90 Å². The average molecular weight is 232 g/mol. The van der Waals surface area contributed by atoms with Crippen molar-refractivity contribution in [3.63, 3.8) is 0 Å². The number of carbonyl (C=O) groups is 1. The number of aliphatic hydroxyl groups excluding tert-OH is 1. The Bertz CT molecular complexity index is 427. The van der Waals surface area contributed by atoms with Crippen LogP contribution in [0.2, 0.25) is 0 Å². The van der Waals surface area contributed by atoms with Gasteiger partial charge >= 0.3 is 6.03 Å². The summed E-state index contributed by atoms with van der Waals surface area (Å²) >= 11 is 0. The highest BCUT2D eigenvalue weighted by Gasteiger charge is 2.02. The molecule has 0 bridgehead atoms. The zero-order chi connectivity index (χ0) is 12.7. The van der Waals surface area contributed by atoms with Crippen molar-refractivity contribution >= 4 is 11.7 Å². The van der Waals surface area contributed by atoms with Crippen LogP contribution in [0.25, 0.3) is 0 Å². The van der Waals surface area contributed by atoms with Gasteiger partial charge in [-0.15, -0.1) is 0 Å². The molecular formula is C13H16N2O2. The van der Waals surface area contributed by atoms with Gasteiger partial charge in [0.1, 0.15) is 6.61 Å². The normalized spacial score (nSPS) is 9.41. The molecule has 0 saturated carbocycles. The summed E-state index contributed by atoms with van der Waals surface area (Å²) in [6.45, 7) is 3.64. The molecule has 0 unspecified atom stereocenters. The lowest BCUT2D eigenvalue weighted by atomic mass is 10.2.